The van der Waals surface area contributed by atoms with E-state index in [-0.39, 0.29) is 5.56 Å². The van der Waals surface area contributed by atoms with Crippen molar-refractivity contribution in [3.63, 3.8) is 0 Å². The number of aromatic amines is 1. The summed E-state index contributed by atoms with van der Waals surface area (Å²) in [4.78, 5) is 48.6. The molecule has 1 atom stereocenters. The third kappa shape index (κ3) is 3.11. The van der Waals surface area contributed by atoms with E-state index in [4.69, 9.17) is 10.8 Å². The maximum Gasteiger partial charge on any atom is 0.326 e. The number of carbonyl (C=O) groups excluding carboxylic acids is 3. The average Bonchev–Trinajstić information content (AvgIpc) is 2.89. The molecule has 0 aliphatic carbocycles. The maximum absolute atomic E-state index is 12.1. The van der Waals surface area contributed by atoms with Crippen LogP contribution in [0.25, 0.3) is 10.9 Å². The lowest BCUT2D eigenvalue weighted by molar-refractivity contribution is -0.142. The van der Waals surface area contributed by atoms with Crippen LogP contribution >= 0.6 is 0 Å². The Hall–Kier alpha value is -3.16. The Balaban J connectivity index is 2.20. The van der Waals surface area contributed by atoms with E-state index in [9.17, 15) is 19.2 Å². The number of carboxylic acid groups (broad SMARTS) is 1. The maximum atomic E-state index is 12.1. The Kier molecular flexibility index (Phi) is 4.21. The number of amides is 2. The van der Waals surface area contributed by atoms with E-state index in [0.29, 0.717) is 10.9 Å². The average molecular weight is 303 g/mol. The fraction of sp³-hybridized carbons (Fsp3) is 0.143. The van der Waals surface area contributed by atoms with Gasteiger partial charge >= 0.3 is 5.97 Å². The minimum absolute atomic E-state index is 0.122. The highest BCUT2D eigenvalue weighted by molar-refractivity contribution is 6.45. The lowest BCUT2D eigenvalue weighted by Crippen LogP contribution is -2.45. The van der Waals surface area contributed by atoms with Gasteiger partial charge in [0.15, 0.2) is 0 Å². The van der Waals surface area contributed by atoms with Crippen LogP contribution in [-0.2, 0) is 14.4 Å². The number of Topliss-reactive ketones (excluding diaryl/α,β-unsaturated/α-hetero) is 1. The molecule has 2 rings (SSSR count). The molecule has 0 fully saturated rings. The van der Waals surface area contributed by atoms with Gasteiger partial charge in [-0.1, -0.05) is 18.2 Å². The van der Waals surface area contributed by atoms with Gasteiger partial charge in [0.2, 0.25) is 5.91 Å². The SMILES string of the molecule is NC(=O)CC(NC(=O)C(=O)c1c[nH]c2ccccc12)C(=O)O. The van der Waals surface area contributed by atoms with Gasteiger partial charge in [0.05, 0.1) is 12.0 Å². The van der Waals surface area contributed by atoms with Crippen LogP contribution in [0.5, 0.6) is 0 Å². The molecule has 1 unspecified atom stereocenters. The summed E-state index contributed by atoms with van der Waals surface area (Å²) in [5.74, 6) is -4.35. The third-order valence-electron chi connectivity index (χ3n) is 3.05. The molecule has 0 saturated carbocycles. The number of primary amides is 1. The number of aromatic nitrogens is 1. The first-order valence-electron chi connectivity index (χ1n) is 6.32. The number of carbonyl (C=O) groups is 4. The molecule has 0 aliphatic rings. The highest BCUT2D eigenvalue weighted by Crippen LogP contribution is 2.18. The number of benzene rings is 1. The Morgan fingerprint density at radius 1 is 1.23 bits per heavy atom. The number of hydrogen-bond acceptors (Lipinski definition) is 4. The second-order valence-electron chi connectivity index (χ2n) is 4.61. The molecule has 22 heavy (non-hydrogen) atoms. The molecule has 0 radical (unpaired) electrons. The second-order valence-corrected chi connectivity index (χ2v) is 4.61. The minimum Gasteiger partial charge on any atom is -0.480 e. The van der Waals surface area contributed by atoms with Crippen molar-refractivity contribution in [2.75, 3.05) is 0 Å². The van der Waals surface area contributed by atoms with Gasteiger partial charge in [-0.3, -0.25) is 14.4 Å². The topological polar surface area (TPSA) is 142 Å². The van der Waals surface area contributed by atoms with Crippen LogP contribution in [-0.4, -0.2) is 39.7 Å². The summed E-state index contributed by atoms with van der Waals surface area (Å²) in [6.45, 7) is 0. The highest BCUT2D eigenvalue weighted by Gasteiger charge is 2.27. The zero-order valence-corrected chi connectivity index (χ0v) is 11.3. The van der Waals surface area contributed by atoms with Gasteiger partial charge in [-0.25, -0.2) is 4.79 Å². The molecule has 0 saturated heterocycles. The second kappa shape index (κ2) is 6.08. The Morgan fingerprint density at radius 3 is 2.55 bits per heavy atom. The van der Waals surface area contributed by atoms with E-state index in [0.717, 1.165) is 0 Å². The molecule has 2 amide bonds. The predicted molar refractivity (Wildman–Crippen MR) is 76.0 cm³/mol. The smallest absolute Gasteiger partial charge is 0.326 e. The molecular weight excluding hydrogens is 290 g/mol. The van der Waals surface area contributed by atoms with Crippen LogP contribution < -0.4 is 11.1 Å². The number of nitrogens with one attached hydrogen (secondary N) is 2. The van der Waals surface area contributed by atoms with Gasteiger partial charge in [0.1, 0.15) is 6.04 Å². The molecule has 8 nitrogen and oxygen atoms in total. The largest absolute Gasteiger partial charge is 0.480 e. The summed E-state index contributed by atoms with van der Waals surface area (Å²) < 4.78 is 0. The van der Waals surface area contributed by atoms with Crippen molar-refractivity contribution < 1.29 is 24.3 Å². The van der Waals surface area contributed by atoms with Crippen molar-refractivity contribution in [2.24, 2.45) is 5.73 Å². The number of rotatable bonds is 6. The quantitative estimate of drug-likeness (QED) is 0.431. The first-order chi connectivity index (χ1) is 10.4. The molecular formula is C14H13N3O5. The summed E-state index contributed by atoms with van der Waals surface area (Å²) in [6.07, 6.45) is 0.776. The van der Waals surface area contributed by atoms with E-state index in [1.54, 1.807) is 24.3 Å². The van der Waals surface area contributed by atoms with Gasteiger partial charge in [-0.05, 0) is 6.07 Å². The van der Waals surface area contributed by atoms with E-state index in [2.05, 4.69) is 4.98 Å². The van der Waals surface area contributed by atoms with Crippen LogP contribution in [0.3, 0.4) is 0 Å². The van der Waals surface area contributed by atoms with E-state index >= 15 is 0 Å². The first-order valence-corrected chi connectivity index (χ1v) is 6.32. The molecule has 1 aromatic heterocycles. The monoisotopic (exact) mass is 303 g/mol. The summed E-state index contributed by atoms with van der Waals surface area (Å²) in [6, 6.07) is 5.32. The lowest BCUT2D eigenvalue weighted by atomic mass is 10.1. The van der Waals surface area contributed by atoms with Gasteiger partial charge in [0.25, 0.3) is 11.7 Å². The molecule has 0 aliphatic heterocycles. The Morgan fingerprint density at radius 2 is 1.91 bits per heavy atom. The van der Waals surface area contributed by atoms with Crippen LogP contribution in [0.2, 0.25) is 0 Å². The number of aliphatic carboxylic acids is 1. The number of ketones is 1. The lowest BCUT2D eigenvalue weighted by Gasteiger charge is -2.11. The predicted octanol–water partition coefficient (Wildman–Crippen LogP) is -0.205. The molecule has 0 bridgehead atoms. The molecule has 5 N–H and O–H groups in total. The van der Waals surface area contributed by atoms with E-state index in [1.807, 2.05) is 5.32 Å². The number of H-pyrrole nitrogens is 1. The highest BCUT2D eigenvalue weighted by atomic mass is 16.4. The van der Waals surface area contributed by atoms with Crippen LogP contribution in [0.1, 0.15) is 16.8 Å². The zero-order valence-electron chi connectivity index (χ0n) is 11.3. The number of nitrogens with two attached hydrogens (primary N) is 1. The third-order valence-corrected chi connectivity index (χ3v) is 3.05. The number of fused-ring (bicyclic) bond motifs is 1. The van der Waals surface area contributed by atoms with Crippen LogP contribution in [0.15, 0.2) is 30.5 Å². The van der Waals surface area contributed by atoms with Gasteiger partial charge < -0.3 is 21.1 Å². The summed E-state index contributed by atoms with van der Waals surface area (Å²) in [7, 11) is 0. The van der Waals surface area contributed by atoms with Gasteiger partial charge in [-0.2, -0.15) is 0 Å². The van der Waals surface area contributed by atoms with Crippen molar-refractivity contribution in [2.45, 2.75) is 12.5 Å². The summed E-state index contributed by atoms with van der Waals surface area (Å²) in [5, 5.41) is 11.5. The number of para-hydroxylation sites is 1. The first kappa shape index (κ1) is 15.2. The van der Waals surface area contributed by atoms with Crippen LogP contribution in [0.4, 0.5) is 0 Å². The zero-order chi connectivity index (χ0) is 16.3. The molecule has 1 heterocycles. The molecule has 1 aromatic carbocycles. The summed E-state index contributed by atoms with van der Waals surface area (Å²) in [5.41, 5.74) is 5.70. The fourth-order valence-electron chi connectivity index (χ4n) is 2.01. The Bertz CT molecular complexity index is 765. The number of carboxylic acids is 1. The number of hydrogen-bond donors (Lipinski definition) is 4. The molecule has 114 valence electrons. The van der Waals surface area contributed by atoms with E-state index < -0.39 is 36.0 Å². The van der Waals surface area contributed by atoms with Crippen LogP contribution in [0, 0.1) is 0 Å². The van der Waals surface area contributed by atoms with Crippen molar-refractivity contribution in [3.8, 4) is 0 Å². The molecule has 0 spiro atoms. The van der Waals surface area contributed by atoms with Crippen molar-refractivity contribution in [3.05, 3.63) is 36.0 Å². The van der Waals surface area contributed by atoms with Crippen molar-refractivity contribution in [1.82, 2.24) is 10.3 Å². The minimum atomic E-state index is -1.54. The molecule has 8 heteroatoms. The normalized spacial score (nSPS) is 11.8. The standard InChI is InChI=1S/C14H13N3O5/c15-11(18)5-10(14(21)22)17-13(20)12(19)8-6-16-9-4-2-1-3-7(8)9/h1-4,6,10,16H,5H2,(H2,15,18)(H,17,20)(H,21,22). The van der Waals surface area contributed by atoms with Gasteiger partial charge in [-0.15, -0.1) is 0 Å². The Labute approximate surface area is 124 Å². The van der Waals surface area contributed by atoms with Crippen molar-refractivity contribution in [1.29, 1.82) is 0 Å². The molecule has 2 aromatic rings. The van der Waals surface area contributed by atoms with Crippen molar-refractivity contribution >= 4 is 34.5 Å². The summed E-state index contributed by atoms with van der Waals surface area (Å²) >= 11 is 0. The fourth-order valence-corrected chi connectivity index (χ4v) is 2.01. The van der Waals surface area contributed by atoms with Gasteiger partial charge in [0, 0.05) is 17.1 Å². The van der Waals surface area contributed by atoms with E-state index in [1.165, 1.54) is 6.20 Å².